The van der Waals surface area contributed by atoms with Crippen LogP contribution < -0.4 is 5.73 Å². The lowest BCUT2D eigenvalue weighted by Gasteiger charge is -2.28. The Balaban J connectivity index is 1.81. The Morgan fingerprint density at radius 1 is 1.50 bits per heavy atom. The number of nitrogens with zero attached hydrogens (tertiary/aromatic N) is 1. The highest BCUT2D eigenvalue weighted by Gasteiger charge is 2.28. The average Bonchev–Trinajstić information content (AvgIpc) is 2.96. The highest BCUT2D eigenvalue weighted by atomic mass is 32.1. The third-order valence-corrected chi connectivity index (χ3v) is 4.55. The summed E-state index contributed by atoms with van der Waals surface area (Å²) in [6, 6.07) is 2.96. The van der Waals surface area contributed by atoms with E-state index in [9.17, 15) is 0 Å². The van der Waals surface area contributed by atoms with Gasteiger partial charge in [0.1, 0.15) is 0 Å². The van der Waals surface area contributed by atoms with E-state index in [1.54, 1.807) is 11.3 Å². The van der Waals surface area contributed by atoms with Crippen LogP contribution in [0.1, 0.15) is 24.8 Å². The standard InChI is InChI=1S/C13H22N2S/c1-15(7-5-11-6-8-16-10-11)13-4-2-3-12(13)9-14/h6,8,10,12-13H,2-5,7,9,14H2,1H3. The van der Waals surface area contributed by atoms with Crippen LogP contribution in [0.5, 0.6) is 0 Å². The molecule has 1 aromatic rings. The van der Waals surface area contributed by atoms with Crippen LogP contribution in [0.2, 0.25) is 0 Å². The second-order valence-electron chi connectivity index (χ2n) is 4.86. The Bertz CT molecular complexity index is 297. The van der Waals surface area contributed by atoms with E-state index >= 15 is 0 Å². The number of likely N-dealkylation sites (N-methyl/N-ethyl adjacent to an activating group) is 1. The van der Waals surface area contributed by atoms with Crippen LogP contribution in [0, 0.1) is 5.92 Å². The second kappa shape index (κ2) is 5.80. The molecule has 2 N–H and O–H groups in total. The Morgan fingerprint density at radius 3 is 3.06 bits per heavy atom. The molecule has 2 atom stereocenters. The van der Waals surface area contributed by atoms with Gasteiger partial charge in [0.2, 0.25) is 0 Å². The molecule has 1 aliphatic rings. The molecule has 16 heavy (non-hydrogen) atoms. The van der Waals surface area contributed by atoms with E-state index in [-0.39, 0.29) is 0 Å². The first-order valence-electron chi connectivity index (χ1n) is 6.22. The molecule has 2 nitrogen and oxygen atoms in total. The Morgan fingerprint density at radius 2 is 2.38 bits per heavy atom. The van der Waals surface area contributed by atoms with Crippen molar-refractivity contribution in [2.75, 3.05) is 20.1 Å². The van der Waals surface area contributed by atoms with Crippen LogP contribution in [-0.4, -0.2) is 31.1 Å². The van der Waals surface area contributed by atoms with E-state index in [4.69, 9.17) is 5.73 Å². The van der Waals surface area contributed by atoms with Crippen LogP contribution >= 0.6 is 11.3 Å². The smallest absolute Gasteiger partial charge is 0.0133 e. The molecule has 1 saturated carbocycles. The van der Waals surface area contributed by atoms with E-state index in [0.717, 1.165) is 25.0 Å². The van der Waals surface area contributed by atoms with Crippen molar-refractivity contribution in [3.63, 3.8) is 0 Å². The van der Waals surface area contributed by atoms with Gasteiger partial charge in [-0.3, -0.25) is 0 Å². The fourth-order valence-corrected chi connectivity index (χ4v) is 3.48. The molecule has 0 bridgehead atoms. The van der Waals surface area contributed by atoms with Gasteiger partial charge in [-0.1, -0.05) is 6.42 Å². The van der Waals surface area contributed by atoms with Gasteiger partial charge in [-0.15, -0.1) is 0 Å². The highest BCUT2D eigenvalue weighted by Crippen LogP contribution is 2.28. The highest BCUT2D eigenvalue weighted by molar-refractivity contribution is 7.07. The zero-order valence-electron chi connectivity index (χ0n) is 10.1. The maximum absolute atomic E-state index is 5.83. The number of thiophene rings is 1. The molecular formula is C13H22N2S. The predicted molar refractivity (Wildman–Crippen MR) is 70.8 cm³/mol. The molecule has 0 amide bonds. The summed E-state index contributed by atoms with van der Waals surface area (Å²) < 4.78 is 0. The van der Waals surface area contributed by atoms with Gasteiger partial charge in [-0.05, 0) is 61.2 Å². The summed E-state index contributed by atoms with van der Waals surface area (Å²) in [5.41, 5.74) is 7.30. The van der Waals surface area contributed by atoms with Crippen LogP contribution in [0.25, 0.3) is 0 Å². The van der Waals surface area contributed by atoms with Gasteiger partial charge in [0.25, 0.3) is 0 Å². The number of rotatable bonds is 5. The van der Waals surface area contributed by atoms with Gasteiger partial charge in [0, 0.05) is 12.6 Å². The predicted octanol–water partition coefficient (Wildman–Crippen LogP) is 2.35. The Hall–Kier alpha value is -0.380. The molecule has 0 aromatic carbocycles. The molecule has 0 saturated heterocycles. The zero-order chi connectivity index (χ0) is 11.4. The van der Waals surface area contributed by atoms with Crippen molar-refractivity contribution in [2.45, 2.75) is 31.7 Å². The van der Waals surface area contributed by atoms with E-state index in [1.807, 2.05) is 0 Å². The third-order valence-electron chi connectivity index (χ3n) is 3.82. The summed E-state index contributed by atoms with van der Waals surface area (Å²) in [6.45, 7) is 2.02. The molecule has 2 rings (SSSR count). The summed E-state index contributed by atoms with van der Waals surface area (Å²) in [6.07, 6.45) is 5.19. The maximum Gasteiger partial charge on any atom is 0.0133 e. The van der Waals surface area contributed by atoms with Gasteiger partial charge in [0.05, 0.1) is 0 Å². The van der Waals surface area contributed by atoms with Gasteiger partial charge < -0.3 is 10.6 Å². The molecule has 2 unspecified atom stereocenters. The van der Waals surface area contributed by atoms with E-state index in [2.05, 4.69) is 28.8 Å². The molecular weight excluding hydrogens is 216 g/mol. The fraction of sp³-hybridized carbons (Fsp3) is 0.692. The fourth-order valence-electron chi connectivity index (χ4n) is 2.78. The largest absolute Gasteiger partial charge is 0.330 e. The maximum atomic E-state index is 5.83. The molecule has 1 aliphatic carbocycles. The monoisotopic (exact) mass is 238 g/mol. The first kappa shape index (κ1) is 12.1. The minimum atomic E-state index is 0.726. The molecule has 0 radical (unpaired) electrons. The van der Waals surface area contributed by atoms with Crippen molar-refractivity contribution in [3.8, 4) is 0 Å². The average molecular weight is 238 g/mol. The topological polar surface area (TPSA) is 29.3 Å². The SMILES string of the molecule is CN(CCc1ccsc1)C1CCCC1CN. The number of hydrogen-bond donors (Lipinski definition) is 1. The van der Waals surface area contributed by atoms with Crippen LogP contribution in [0.3, 0.4) is 0 Å². The summed E-state index contributed by atoms with van der Waals surface area (Å²) in [5.74, 6) is 0.729. The first-order chi connectivity index (χ1) is 7.81. The lowest BCUT2D eigenvalue weighted by atomic mass is 10.0. The van der Waals surface area contributed by atoms with E-state index < -0.39 is 0 Å². The van der Waals surface area contributed by atoms with E-state index in [1.165, 1.54) is 31.2 Å². The van der Waals surface area contributed by atoms with Crippen molar-refractivity contribution in [1.29, 1.82) is 0 Å². The van der Waals surface area contributed by atoms with Gasteiger partial charge in [0.15, 0.2) is 0 Å². The van der Waals surface area contributed by atoms with Crippen molar-refractivity contribution < 1.29 is 0 Å². The Kier molecular flexibility index (Phi) is 4.38. The summed E-state index contributed by atoms with van der Waals surface area (Å²) in [7, 11) is 2.25. The molecule has 3 heteroatoms. The number of nitrogens with two attached hydrogens (primary N) is 1. The lowest BCUT2D eigenvalue weighted by molar-refractivity contribution is 0.202. The molecule has 0 aliphatic heterocycles. The summed E-state index contributed by atoms with van der Waals surface area (Å²) >= 11 is 1.79. The molecule has 1 heterocycles. The van der Waals surface area contributed by atoms with Crippen LogP contribution in [0.15, 0.2) is 16.8 Å². The molecule has 1 aromatic heterocycles. The first-order valence-corrected chi connectivity index (χ1v) is 7.17. The van der Waals surface area contributed by atoms with Crippen LogP contribution in [-0.2, 0) is 6.42 Å². The van der Waals surface area contributed by atoms with Crippen molar-refractivity contribution >= 4 is 11.3 Å². The van der Waals surface area contributed by atoms with Crippen molar-refractivity contribution in [3.05, 3.63) is 22.4 Å². The van der Waals surface area contributed by atoms with Gasteiger partial charge in [-0.25, -0.2) is 0 Å². The third kappa shape index (κ3) is 2.84. The van der Waals surface area contributed by atoms with Gasteiger partial charge in [-0.2, -0.15) is 11.3 Å². The van der Waals surface area contributed by atoms with Crippen molar-refractivity contribution in [1.82, 2.24) is 4.90 Å². The Labute approximate surface area is 102 Å². The summed E-state index contributed by atoms with van der Waals surface area (Å²) in [4.78, 5) is 2.52. The molecule has 1 fully saturated rings. The molecule has 0 spiro atoms. The normalized spacial score (nSPS) is 25.4. The number of hydrogen-bond acceptors (Lipinski definition) is 3. The summed E-state index contributed by atoms with van der Waals surface area (Å²) in [5, 5.41) is 4.41. The zero-order valence-corrected chi connectivity index (χ0v) is 10.9. The quantitative estimate of drug-likeness (QED) is 0.853. The van der Waals surface area contributed by atoms with Crippen LogP contribution in [0.4, 0.5) is 0 Å². The second-order valence-corrected chi connectivity index (χ2v) is 5.64. The van der Waals surface area contributed by atoms with Gasteiger partial charge >= 0.3 is 0 Å². The minimum Gasteiger partial charge on any atom is -0.330 e. The van der Waals surface area contributed by atoms with E-state index in [0.29, 0.717) is 0 Å². The molecule has 90 valence electrons. The lowest BCUT2D eigenvalue weighted by Crippen LogP contribution is -2.38. The minimum absolute atomic E-state index is 0.726. The van der Waals surface area contributed by atoms with Crippen molar-refractivity contribution in [2.24, 2.45) is 11.7 Å².